The second-order valence-corrected chi connectivity index (χ2v) is 6.63. The van der Waals surface area contributed by atoms with E-state index in [-0.39, 0.29) is 6.61 Å². The van der Waals surface area contributed by atoms with Crippen molar-refractivity contribution in [1.29, 1.82) is 0 Å². The highest BCUT2D eigenvalue weighted by molar-refractivity contribution is 5.73. The summed E-state index contributed by atoms with van der Waals surface area (Å²) in [7, 11) is 1.79. The van der Waals surface area contributed by atoms with Gasteiger partial charge in [-0.05, 0) is 23.8 Å². The highest BCUT2D eigenvalue weighted by atomic mass is 19.1. The predicted octanol–water partition coefficient (Wildman–Crippen LogP) is 3.30. The van der Waals surface area contributed by atoms with Crippen LogP contribution < -0.4 is 4.74 Å². The minimum absolute atomic E-state index is 0.135. The van der Waals surface area contributed by atoms with Gasteiger partial charge in [0.25, 0.3) is 0 Å². The minimum Gasteiger partial charge on any atom is -0.468 e. The van der Waals surface area contributed by atoms with Crippen LogP contribution in [0.1, 0.15) is 5.82 Å². The lowest BCUT2D eigenvalue weighted by Gasteiger charge is -2.11. The van der Waals surface area contributed by atoms with Crippen molar-refractivity contribution in [3.05, 3.63) is 78.6 Å². The molecule has 148 valence electrons. The van der Waals surface area contributed by atoms with Crippen LogP contribution in [0.2, 0.25) is 0 Å². The molecule has 2 aromatic carbocycles. The second-order valence-electron chi connectivity index (χ2n) is 6.63. The molecule has 3 aromatic heterocycles. The van der Waals surface area contributed by atoms with E-state index in [4.69, 9.17) is 4.74 Å². The molecule has 0 saturated heterocycles. The number of hydrogen-bond acceptors (Lipinski definition) is 6. The minimum atomic E-state index is -0.402. The van der Waals surface area contributed by atoms with Gasteiger partial charge >= 0.3 is 0 Å². The Morgan fingerprint density at radius 2 is 1.73 bits per heavy atom. The van der Waals surface area contributed by atoms with E-state index in [0.717, 1.165) is 11.1 Å². The van der Waals surface area contributed by atoms with E-state index < -0.39 is 5.82 Å². The zero-order chi connectivity index (χ0) is 20.5. The first-order chi connectivity index (χ1) is 14.7. The summed E-state index contributed by atoms with van der Waals surface area (Å²) >= 11 is 0. The van der Waals surface area contributed by atoms with Crippen LogP contribution in [0.15, 0.2) is 67.0 Å². The number of aromatic nitrogens is 7. The van der Waals surface area contributed by atoms with E-state index in [1.165, 1.54) is 10.6 Å². The SMILES string of the molecule is Cn1cnc(COc2nn3c(-c4ccccc4F)nnc3cc2-c2ccccc2)n1. The molecule has 0 aliphatic heterocycles. The molecule has 3 heterocycles. The van der Waals surface area contributed by atoms with Gasteiger partial charge in [-0.2, -0.15) is 9.61 Å². The number of hydrogen-bond donors (Lipinski definition) is 0. The molecule has 0 bridgehead atoms. The number of ether oxygens (including phenoxy) is 1. The van der Waals surface area contributed by atoms with Gasteiger partial charge in [-0.25, -0.2) is 9.37 Å². The molecule has 0 fully saturated rings. The van der Waals surface area contributed by atoms with Crippen LogP contribution >= 0.6 is 0 Å². The van der Waals surface area contributed by atoms with E-state index in [1.54, 1.807) is 36.3 Å². The largest absolute Gasteiger partial charge is 0.468 e. The van der Waals surface area contributed by atoms with Gasteiger partial charge in [0.1, 0.15) is 12.1 Å². The Balaban J connectivity index is 1.63. The third kappa shape index (κ3) is 3.26. The van der Waals surface area contributed by atoms with Crippen molar-refractivity contribution < 1.29 is 9.13 Å². The van der Waals surface area contributed by atoms with Crippen molar-refractivity contribution in [2.45, 2.75) is 6.61 Å². The molecule has 0 aliphatic rings. The normalized spacial score (nSPS) is 11.1. The Morgan fingerprint density at radius 1 is 0.933 bits per heavy atom. The fourth-order valence-corrected chi connectivity index (χ4v) is 3.14. The van der Waals surface area contributed by atoms with Crippen LogP contribution in [0.3, 0.4) is 0 Å². The maximum Gasteiger partial charge on any atom is 0.240 e. The third-order valence-corrected chi connectivity index (χ3v) is 4.54. The Morgan fingerprint density at radius 3 is 2.50 bits per heavy atom. The Bertz CT molecular complexity index is 1330. The molecule has 0 atom stereocenters. The molecule has 0 spiro atoms. The molecule has 8 nitrogen and oxygen atoms in total. The van der Waals surface area contributed by atoms with Crippen molar-refractivity contribution in [3.63, 3.8) is 0 Å². The van der Waals surface area contributed by atoms with Crippen LogP contribution in [-0.2, 0) is 13.7 Å². The summed E-state index contributed by atoms with van der Waals surface area (Å²) in [5.74, 6) is 0.763. The molecule has 9 heteroatoms. The van der Waals surface area contributed by atoms with Crippen molar-refractivity contribution in [2.24, 2.45) is 7.05 Å². The lowest BCUT2D eigenvalue weighted by atomic mass is 10.1. The molecule has 0 amide bonds. The van der Waals surface area contributed by atoms with Crippen LogP contribution in [0, 0.1) is 5.82 Å². The quantitative estimate of drug-likeness (QED) is 0.449. The van der Waals surface area contributed by atoms with Gasteiger partial charge in [0.15, 0.2) is 23.9 Å². The molecule has 0 aliphatic carbocycles. The number of halogens is 1. The monoisotopic (exact) mass is 401 g/mol. The first kappa shape index (κ1) is 17.9. The summed E-state index contributed by atoms with van der Waals surface area (Å²) in [6, 6.07) is 17.9. The summed E-state index contributed by atoms with van der Waals surface area (Å²) < 4.78 is 23.4. The van der Waals surface area contributed by atoms with Gasteiger partial charge in [-0.3, -0.25) is 4.68 Å². The fraction of sp³-hybridized carbons (Fsp3) is 0.0952. The highest BCUT2D eigenvalue weighted by Crippen LogP contribution is 2.31. The average molecular weight is 401 g/mol. The lowest BCUT2D eigenvalue weighted by molar-refractivity contribution is 0.281. The van der Waals surface area contributed by atoms with Gasteiger partial charge < -0.3 is 4.74 Å². The zero-order valence-electron chi connectivity index (χ0n) is 16.0. The van der Waals surface area contributed by atoms with E-state index in [1.807, 2.05) is 36.4 Å². The standard InChI is InChI=1S/C21H16FN7O/c1-28-13-23-18(26-28)12-30-21-16(14-7-3-2-4-8-14)11-19-24-25-20(29(19)27-21)15-9-5-6-10-17(15)22/h2-11,13H,12H2,1H3. The van der Waals surface area contributed by atoms with Crippen molar-refractivity contribution in [3.8, 4) is 28.4 Å². The summed E-state index contributed by atoms with van der Waals surface area (Å²) in [5, 5.41) is 17.2. The smallest absolute Gasteiger partial charge is 0.240 e. The highest BCUT2D eigenvalue weighted by Gasteiger charge is 2.18. The van der Waals surface area contributed by atoms with E-state index >= 15 is 0 Å². The average Bonchev–Trinajstić information content (AvgIpc) is 3.38. The maximum absolute atomic E-state index is 14.3. The van der Waals surface area contributed by atoms with Crippen molar-refractivity contribution in [1.82, 2.24) is 34.6 Å². The number of fused-ring (bicyclic) bond motifs is 1. The maximum atomic E-state index is 14.3. The van der Waals surface area contributed by atoms with Gasteiger partial charge in [0.05, 0.1) is 5.56 Å². The van der Waals surface area contributed by atoms with E-state index in [0.29, 0.717) is 28.7 Å². The summed E-state index contributed by atoms with van der Waals surface area (Å²) in [4.78, 5) is 4.18. The molecular weight excluding hydrogens is 385 g/mol. The van der Waals surface area contributed by atoms with Gasteiger partial charge in [0.2, 0.25) is 5.88 Å². The van der Waals surface area contributed by atoms with Crippen LogP contribution in [0.4, 0.5) is 4.39 Å². The number of benzene rings is 2. The van der Waals surface area contributed by atoms with Gasteiger partial charge in [-0.1, -0.05) is 42.5 Å². The van der Waals surface area contributed by atoms with Crippen LogP contribution in [-0.4, -0.2) is 34.6 Å². The predicted molar refractivity (Wildman–Crippen MR) is 107 cm³/mol. The second kappa shape index (κ2) is 7.36. The fourth-order valence-electron chi connectivity index (χ4n) is 3.14. The topological polar surface area (TPSA) is 83.0 Å². The van der Waals surface area contributed by atoms with E-state index in [2.05, 4.69) is 25.4 Å². The molecule has 5 aromatic rings. The third-order valence-electron chi connectivity index (χ3n) is 4.54. The molecular formula is C21H16FN7O. The molecule has 5 rings (SSSR count). The number of rotatable bonds is 5. The van der Waals surface area contributed by atoms with Crippen molar-refractivity contribution in [2.75, 3.05) is 0 Å². The van der Waals surface area contributed by atoms with Gasteiger partial charge in [-0.15, -0.1) is 15.3 Å². The molecule has 0 saturated carbocycles. The first-order valence-electron chi connectivity index (χ1n) is 9.23. The van der Waals surface area contributed by atoms with Crippen LogP contribution in [0.5, 0.6) is 5.88 Å². The van der Waals surface area contributed by atoms with Gasteiger partial charge in [0, 0.05) is 12.6 Å². The molecule has 0 radical (unpaired) electrons. The zero-order valence-corrected chi connectivity index (χ0v) is 16.0. The number of nitrogens with zero attached hydrogens (tertiary/aromatic N) is 7. The Hall–Kier alpha value is -4.14. The first-order valence-corrected chi connectivity index (χ1v) is 9.23. The lowest BCUT2D eigenvalue weighted by Crippen LogP contribution is -2.05. The summed E-state index contributed by atoms with van der Waals surface area (Å²) in [6.45, 7) is 0.135. The Kier molecular flexibility index (Phi) is 4.40. The van der Waals surface area contributed by atoms with E-state index in [9.17, 15) is 4.39 Å². The summed E-state index contributed by atoms with van der Waals surface area (Å²) in [6.07, 6.45) is 1.60. The summed E-state index contributed by atoms with van der Waals surface area (Å²) in [5.41, 5.74) is 2.44. The van der Waals surface area contributed by atoms with Crippen LogP contribution in [0.25, 0.3) is 28.2 Å². The molecule has 0 unspecified atom stereocenters. The Labute approximate surface area is 170 Å². The number of aryl methyl sites for hydroxylation is 1. The van der Waals surface area contributed by atoms with Crippen molar-refractivity contribution >= 4 is 5.65 Å². The molecule has 30 heavy (non-hydrogen) atoms. The molecule has 0 N–H and O–H groups in total.